The van der Waals surface area contributed by atoms with Gasteiger partial charge in [-0.2, -0.15) is 0 Å². The second-order valence-electron chi connectivity index (χ2n) is 5.05. The number of carboxylic acids is 1. The van der Waals surface area contributed by atoms with E-state index >= 15 is 0 Å². The van der Waals surface area contributed by atoms with Gasteiger partial charge < -0.3 is 19.3 Å². The Balaban J connectivity index is 1.62. The van der Waals surface area contributed by atoms with Gasteiger partial charge in [-0.1, -0.05) is 12.1 Å². The molecule has 0 saturated carbocycles. The third-order valence-electron chi connectivity index (χ3n) is 3.34. The minimum atomic E-state index is -0.780. The Morgan fingerprint density at radius 1 is 1.24 bits per heavy atom. The van der Waals surface area contributed by atoms with E-state index in [1.165, 1.54) is 0 Å². The van der Waals surface area contributed by atoms with E-state index in [-0.39, 0.29) is 12.7 Å². The van der Waals surface area contributed by atoms with E-state index in [2.05, 4.69) is 0 Å². The number of benzene rings is 1. The Morgan fingerprint density at radius 2 is 2.05 bits per heavy atom. The Kier molecular flexibility index (Phi) is 6.50. The van der Waals surface area contributed by atoms with Crippen LogP contribution in [0, 0.1) is 0 Å². The maximum absolute atomic E-state index is 10.5. The van der Waals surface area contributed by atoms with Gasteiger partial charge in [0.15, 0.2) is 6.29 Å². The molecule has 1 unspecified atom stereocenters. The maximum Gasteiger partial charge on any atom is 0.303 e. The molecule has 1 aliphatic heterocycles. The van der Waals surface area contributed by atoms with Crippen LogP contribution in [0.25, 0.3) is 0 Å². The zero-order chi connectivity index (χ0) is 14.9. The summed E-state index contributed by atoms with van der Waals surface area (Å²) in [6, 6.07) is 7.50. The molecule has 116 valence electrons. The summed E-state index contributed by atoms with van der Waals surface area (Å²) in [5, 5.41) is 8.63. The predicted octanol–water partition coefficient (Wildman–Crippen LogP) is 2.63. The molecule has 0 aromatic heterocycles. The Labute approximate surface area is 124 Å². The van der Waals surface area contributed by atoms with Crippen LogP contribution < -0.4 is 4.74 Å². The van der Waals surface area contributed by atoms with E-state index in [1.807, 2.05) is 24.3 Å². The third-order valence-corrected chi connectivity index (χ3v) is 3.34. The zero-order valence-electron chi connectivity index (χ0n) is 12.1. The summed E-state index contributed by atoms with van der Waals surface area (Å²) in [5.74, 6) is -0.0142. The summed E-state index contributed by atoms with van der Waals surface area (Å²) in [6.07, 6.45) is 3.83. The molecule has 21 heavy (non-hydrogen) atoms. The van der Waals surface area contributed by atoms with E-state index in [0.29, 0.717) is 19.6 Å². The number of aryl methyl sites for hydroxylation is 1. The fourth-order valence-electron chi connectivity index (χ4n) is 2.19. The quantitative estimate of drug-likeness (QED) is 0.747. The van der Waals surface area contributed by atoms with Crippen molar-refractivity contribution in [3.63, 3.8) is 0 Å². The van der Waals surface area contributed by atoms with Gasteiger partial charge in [0.25, 0.3) is 0 Å². The number of ether oxygens (including phenoxy) is 3. The van der Waals surface area contributed by atoms with Crippen molar-refractivity contribution in [3.05, 3.63) is 29.8 Å². The lowest BCUT2D eigenvalue weighted by molar-refractivity contribution is -0.165. The Morgan fingerprint density at radius 3 is 2.71 bits per heavy atom. The predicted molar refractivity (Wildman–Crippen MR) is 77.4 cm³/mol. The van der Waals surface area contributed by atoms with Crippen molar-refractivity contribution >= 4 is 5.97 Å². The smallest absolute Gasteiger partial charge is 0.303 e. The zero-order valence-corrected chi connectivity index (χ0v) is 12.1. The first-order valence-corrected chi connectivity index (χ1v) is 7.41. The van der Waals surface area contributed by atoms with Crippen molar-refractivity contribution in [2.75, 3.05) is 19.8 Å². The van der Waals surface area contributed by atoms with Crippen molar-refractivity contribution in [1.29, 1.82) is 0 Å². The molecule has 1 aliphatic rings. The number of carboxylic acid groups (broad SMARTS) is 1. The first-order chi connectivity index (χ1) is 10.2. The van der Waals surface area contributed by atoms with Gasteiger partial charge in [0.2, 0.25) is 0 Å². The average molecular weight is 294 g/mol. The van der Waals surface area contributed by atoms with Crippen LogP contribution in [-0.2, 0) is 20.7 Å². The van der Waals surface area contributed by atoms with Gasteiger partial charge >= 0.3 is 5.97 Å². The first kappa shape index (κ1) is 15.8. The molecule has 1 atom stereocenters. The topological polar surface area (TPSA) is 65.0 Å². The molecule has 1 N–H and O–H groups in total. The normalized spacial score (nSPS) is 18.4. The van der Waals surface area contributed by atoms with Crippen LogP contribution in [-0.4, -0.2) is 37.2 Å². The SMILES string of the molecule is O=C(O)CCc1ccc(OCCOC2CCCCO2)cc1. The van der Waals surface area contributed by atoms with E-state index in [1.54, 1.807) is 0 Å². The highest BCUT2D eigenvalue weighted by molar-refractivity contribution is 5.67. The highest BCUT2D eigenvalue weighted by Crippen LogP contribution is 2.15. The molecule has 0 aliphatic carbocycles. The summed E-state index contributed by atoms with van der Waals surface area (Å²) in [4.78, 5) is 10.5. The minimum Gasteiger partial charge on any atom is -0.491 e. The molecule has 0 amide bonds. The van der Waals surface area contributed by atoms with Gasteiger partial charge in [0.1, 0.15) is 12.4 Å². The molecule has 2 rings (SSSR count). The Bertz CT molecular complexity index is 423. The van der Waals surface area contributed by atoms with Crippen LogP contribution in [0.15, 0.2) is 24.3 Å². The molecule has 0 radical (unpaired) electrons. The van der Waals surface area contributed by atoms with E-state index < -0.39 is 5.97 Å². The van der Waals surface area contributed by atoms with E-state index in [4.69, 9.17) is 19.3 Å². The summed E-state index contributed by atoms with van der Waals surface area (Å²) < 4.78 is 16.6. The fourth-order valence-corrected chi connectivity index (χ4v) is 2.19. The monoisotopic (exact) mass is 294 g/mol. The molecule has 5 heteroatoms. The fraction of sp³-hybridized carbons (Fsp3) is 0.562. The molecule has 0 bridgehead atoms. The average Bonchev–Trinajstić information content (AvgIpc) is 2.52. The van der Waals surface area contributed by atoms with Crippen LogP contribution in [0.4, 0.5) is 0 Å². The summed E-state index contributed by atoms with van der Waals surface area (Å²) >= 11 is 0. The number of carbonyl (C=O) groups is 1. The summed E-state index contributed by atoms with van der Waals surface area (Å²) in [6.45, 7) is 1.77. The van der Waals surface area contributed by atoms with Crippen LogP contribution >= 0.6 is 0 Å². The van der Waals surface area contributed by atoms with Crippen molar-refractivity contribution in [1.82, 2.24) is 0 Å². The van der Waals surface area contributed by atoms with Crippen LogP contribution in [0.1, 0.15) is 31.2 Å². The van der Waals surface area contributed by atoms with Crippen LogP contribution in [0.2, 0.25) is 0 Å². The van der Waals surface area contributed by atoms with Gasteiger partial charge in [0, 0.05) is 13.0 Å². The van der Waals surface area contributed by atoms with Crippen LogP contribution in [0.5, 0.6) is 5.75 Å². The highest BCUT2D eigenvalue weighted by Gasteiger charge is 2.13. The standard InChI is InChI=1S/C16H22O5/c17-15(18)9-6-13-4-7-14(8-5-13)19-11-12-21-16-3-1-2-10-20-16/h4-5,7-8,16H,1-3,6,9-12H2,(H,17,18). The van der Waals surface area contributed by atoms with Gasteiger partial charge in [0.05, 0.1) is 6.61 Å². The number of hydrogen-bond acceptors (Lipinski definition) is 4. The van der Waals surface area contributed by atoms with Gasteiger partial charge in [-0.25, -0.2) is 0 Å². The number of rotatable bonds is 8. The number of hydrogen-bond donors (Lipinski definition) is 1. The molecule has 1 aromatic rings. The molecule has 1 saturated heterocycles. The number of aliphatic carboxylic acids is 1. The second kappa shape index (κ2) is 8.64. The Hall–Kier alpha value is -1.59. The van der Waals surface area contributed by atoms with Gasteiger partial charge in [-0.15, -0.1) is 0 Å². The van der Waals surface area contributed by atoms with Gasteiger partial charge in [-0.05, 0) is 43.4 Å². The van der Waals surface area contributed by atoms with Gasteiger partial charge in [-0.3, -0.25) is 4.79 Å². The molecule has 1 fully saturated rings. The first-order valence-electron chi connectivity index (χ1n) is 7.41. The lowest BCUT2D eigenvalue weighted by Crippen LogP contribution is -2.24. The second-order valence-corrected chi connectivity index (χ2v) is 5.05. The maximum atomic E-state index is 10.5. The van der Waals surface area contributed by atoms with Crippen molar-refractivity contribution in [2.45, 2.75) is 38.4 Å². The highest BCUT2D eigenvalue weighted by atomic mass is 16.7. The minimum absolute atomic E-state index is 0.0826. The molecular formula is C16H22O5. The summed E-state index contributed by atoms with van der Waals surface area (Å²) in [7, 11) is 0. The van der Waals surface area contributed by atoms with Crippen molar-refractivity contribution in [2.24, 2.45) is 0 Å². The molecule has 5 nitrogen and oxygen atoms in total. The summed E-state index contributed by atoms with van der Waals surface area (Å²) in [5.41, 5.74) is 0.997. The van der Waals surface area contributed by atoms with Crippen molar-refractivity contribution in [3.8, 4) is 5.75 Å². The molecule has 0 spiro atoms. The van der Waals surface area contributed by atoms with Crippen LogP contribution in [0.3, 0.4) is 0 Å². The van der Waals surface area contributed by atoms with E-state index in [9.17, 15) is 4.79 Å². The largest absolute Gasteiger partial charge is 0.491 e. The molecule has 1 aromatic carbocycles. The third kappa shape index (κ3) is 6.14. The lowest BCUT2D eigenvalue weighted by Gasteiger charge is -2.22. The van der Waals surface area contributed by atoms with Crippen molar-refractivity contribution < 1.29 is 24.1 Å². The van der Waals surface area contributed by atoms with E-state index in [0.717, 1.165) is 37.2 Å². The lowest BCUT2D eigenvalue weighted by atomic mass is 10.1. The molecule has 1 heterocycles. The molecular weight excluding hydrogens is 272 g/mol.